The van der Waals surface area contributed by atoms with Crippen LogP contribution in [0.3, 0.4) is 0 Å². The van der Waals surface area contributed by atoms with Gasteiger partial charge in [-0.3, -0.25) is 4.79 Å². The number of esters is 1. The molecule has 2 rings (SSSR count). The molecule has 144 valence electrons. The maximum absolute atomic E-state index is 13.0. The number of carbonyl (C=O) groups is 2. The zero-order valence-electron chi connectivity index (χ0n) is 15.9. The van der Waals surface area contributed by atoms with E-state index < -0.39 is 29.1 Å². The number of benzene rings is 1. The predicted octanol–water partition coefficient (Wildman–Crippen LogP) is 2.44. The lowest BCUT2D eigenvalue weighted by atomic mass is 9.86. The Kier molecular flexibility index (Phi) is 6.15. The lowest BCUT2D eigenvalue weighted by molar-refractivity contribution is -0.152. The fourth-order valence-corrected chi connectivity index (χ4v) is 3.49. The second kappa shape index (κ2) is 7.66. The zero-order valence-corrected chi connectivity index (χ0v) is 17.5. The highest BCUT2D eigenvalue weighted by Gasteiger charge is 2.52. The molecule has 1 aromatic carbocycles. The Morgan fingerprint density at radius 3 is 2.31 bits per heavy atom. The Morgan fingerprint density at radius 1 is 1.27 bits per heavy atom. The SMILES string of the molecule is COC(=O)[C@@H]1C[C@@](OC)(c2ccc(Br)cc2)CN1C(=O)[C@@H](N)C(C)(C)C. The van der Waals surface area contributed by atoms with Crippen LogP contribution in [0.25, 0.3) is 0 Å². The lowest BCUT2D eigenvalue weighted by Gasteiger charge is -2.33. The van der Waals surface area contributed by atoms with E-state index in [2.05, 4.69) is 15.9 Å². The van der Waals surface area contributed by atoms with Gasteiger partial charge < -0.3 is 20.1 Å². The summed E-state index contributed by atoms with van der Waals surface area (Å²) in [5.41, 5.74) is 5.87. The van der Waals surface area contributed by atoms with Crippen LogP contribution in [0.1, 0.15) is 32.8 Å². The molecular weight excluding hydrogens is 400 g/mol. The fraction of sp³-hybridized carbons (Fsp3) is 0.579. The normalized spacial score (nSPS) is 24.4. The van der Waals surface area contributed by atoms with Crippen LogP contribution in [0, 0.1) is 5.41 Å². The number of carbonyl (C=O) groups excluding carboxylic acids is 2. The first-order valence-corrected chi connectivity index (χ1v) is 9.30. The van der Waals surface area contributed by atoms with Gasteiger partial charge in [0.25, 0.3) is 0 Å². The number of halogens is 1. The number of likely N-dealkylation sites (tertiary alicyclic amines) is 1. The van der Waals surface area contributed by atoms with Crippen LogP contribution in [0.2, 0.25) is 0 Å². The number of hydrogen-bond acceptors (Lipinski definition) is 5. The van der Waals surface area contributed by atoms with Crippen molar-refractivity contribution in [1.82, 2.24) is 4.90 Å². The van der Waals surface area contributed by atoms with E-state index in [9.17, 15) is 9.59 Å². The molecule has 1 fully saturated rings. The molecule has 6 nitrogen and oxygen atoms in total. The minimum atomic E-state index is -0.785. The largest absolute Gasteiger partial charge is 0.467 e. The van der Waals surface area contributed by atoms with Gasteiger partial charge in [0.2, 0.25) is 5.91 Å². The molecule has 1 heterocycles. The third kappa shape index (κ3) is 3.94. The first kappa shape index (κ1) is 20.9. The highest BCUT2D eigenvalue weighted by molar-refractivity contribution is 9.10. The van der Waals surface area contributed by atoms with Crippen LogP contribution in [-0.4, -0.2) is 49.6 Å². The molecule has 3 atom stereocenters. The molecule has 1 amide bonds. The monoisotopic (exact) mass is 426 g/mol. The van der Waals surface area contributed by atoms with Crippen molar-refractivity contribution in [2.75, 3.05) is 20.8 Å². The van der Waals surface area contributed by atoms with Gasteiger partial charge in [-0.25, -0.2) is 4.79 Å². The molecule has 0 spiro atoms. The van der Waals surface area contributed by atoms with Crippen molar-refractivity contribution in [3.8, 4) is 0 Å². The number of methoxy groups -OCH3 is 2. The Balaban J connectivity index is 2.42. The van der Waals surface area contributed by atoms with Crippen molar-refractivity contribution in [3.63, 3.8) is 0 Å². The zero-order chi connectivity index (χ0) is 19.7. The molecular formula is C19H27BrN2O4. The van der Waals surface area contributed by atoms with E-state index in [-0.39, 0.29) is 12.5 Å². The molecule has 0 unspecified atom stereocenters. The van der Waals surface area contributed by atoms with Crippen molar-refractivity contribution in [2.24, 2.45) is 11.1 Å². The van der Waals surface area contributed by atoms with Crippen molar-refractivity contribution < 1.29 is 19.1 Å². The Hall–Kier alpha value is -1.44. The molecule has 1 aliphatic rings. The van der Waals surface area contributed by atoms with Gasteiger partial charge in [-0.2, -0.15) is 0 Å². The highest BCUT2D eigenvalue weighted by atomic mass is 79.9. The maximum Gasteiger partial charge on any atom is 0.328 e. The molecule has 2 N–H and O–H groups in total. The van der Waals surface area contributed by atoms with E-state index >= 15 is 0 Å². The van der Waals surface area contributed by atoms with E-state index in [1.807, 2.05) is 45.0 Å². The molecule has 1 saturated heterocycles. The van der Waals surface area contributed by atoms with Crippen LogP contribution in [0.15, 0.2) is 28.7 Å². The molecule has 0 saturated carbocycles. The molecule has 0 bridgehead atoms. The van der Waals surface area contributed by atoms with Gasteiger partial charge in [-0.1, -0.05) is 48.8 Å². The highest BCUT2D eigenvalue weighted by Crippen LogP contribution is 2.40. The summed E-state index contributed by atoms with van der Waals surface area (Å²) in [5, 5.41) is 0. The minimum Gasteiger partial charge on any atom is -0.467 e. The fourth-order valence-electron chi connectivity index (χ4n) is 3.23. The van der Waals surface area contributed by atoms with E-state index in [1.165, 1.54) is 12.0 Å². The molecule has 7 heteroatoms. The second-order valence-electron chi connectivity index (χ2n) is 7.76. The van der Waals surface area contributed by atoms with Gasteiger partial charge in [0.05, 0.1) is 19.7 Å². The van der Waals surface area contributed by atoms with Gasteiger partial charge in [-0.05, 0) is 23.1 Å². The minimum absolute atomic E-state index is 0.244. The van der Waals surface area contributed by atoms with Crippen LogP contribution >= 0.6 is 15.9 Å². The molecule has 0 aliphatic carbocycles. The number of nitrogens with two attached hydrogens (primary N) is 1. The summed E-state index contributed by atoms with van der Waals surface area (Å²) in [6.07, 6.45) is 0.320. The predicted molar refractivity (Wildman–Crippen MR) is 102 cm³/mol. The number of ether oxygens (including phenoxy) is 2. The average molecular weight is 427 g/mol. The summed E-state index contributed by atoms with van der Waals surface area (Å²) in [4.78, 5) is 26.9. The van der Waals surface area contributed by atoms with Gasteiger partial charge in [0.1, 0.15) is 11.6 Å². The Morgan fingerprint density at radius 2 is 1.85 bits per heavy atom. The number of nitrogens with zero attached hydrogens (tertiary/aromatic N) is 1. The topological polar surface area (TPSA) is 81.9 Å². The summed E-state index contributed by atoms with van der Waals surface area (Å²) >= 11 is 3.42. The molecule has 26 heavy (non-hydrogen) atoms. The summed E-state index contributed by atoms with van der Waals surface area (Å²) in [6.45, 7) is 5.94. The second-order valence-corrected chi connectivity index (χ2v) is 8.67. The Labute approximate surface area is 163 Å². The van der Waals surface area contributed by atoms with Crippen LogP contribution < -0.4 is 5.73 Å². The van der Waals surface area contributed by atoms with Crippen LogP contribution in [0.4, 0.5) is 0 Å². The molecule has 1 aromatic rings. The van der Waals surface area contributed by atoms with Crippen molar-refractivity contribution in [2.45, 2.75) is 44.9 Å². The first-order chi connectivity index (χ1) is 12.1. The summed E-state index contributed by atoms with van der Waals surface area (Å²) in [7, 11) is 2.91. The lowest BCUT2D eigenvalue weighted by Crippen LogP contribution is -2.53. The standard InChI is InChI=1S/C19H27BrN2O4/c1-18(2,3)15(21)16(23)22-11-19(26-5,10-14(22)17(24)25-4)12-6-8-13(20)9-7-12/h6-9,14-15H,10-11,21H2,1-5H3/t14-,15+,19-/m0/s1. The van der Waals surface area contributed by atoms with Gasteiger partial charge in [-0.15, -0.1) is 0 Å². The number of rotatable bonds is 4. The van der Waals surface area contributed by atoms with Gasteiger partial charge in [0, 0.05) is 18.0 Å². The van der Waals surface area contributed by atoms with E-state index in [4.69, 9.17) is 15.2 Å². The van der Waals surface area contributed by atoms with E-state index in [1.54, 1.807) is 7.11 Å². The van der Waals surface area contributed by atoms with Gasteiger partial charge in [0.15, 0.2) is 0 Å². The number of amides is 1. The summed E-state index contributed by atoms with van der Waals surface area (Å²) < 4.78 is 11.7. The summed E-state index contributed by atoms with van der Waals surface area (Å²) in [6, 6.07) is 6.22. The van der Waals surface area contributed by atoms with Crippen molar-refractivity contribution in [3.05, 3.63) is 34.3 Å². The maximum atomic E-state index is 13.0. The summed E-state index contributed by atoms with van der Waals surface area (Å²) in [5.74, 6) is -0.737. The van der Waals surface area contributed by atoms with E-state index in [0.29, 0.717) is 6.42 Å². The van der Waals surface area contributed by atoms with Crippen molar-refractivity contribution >= 4 is 27.8 Å². The van der Waals surface area contributed by atoms with Crippen LogP contribution in [0.5, 0.6) is 0 Å². The van der Waals surface area contributed by atoms with Crippen molar-refractivity contribution in [1.29, 1.82) is 0 Å². The quantitative estimate of drug-likeness (QED) is 0.747. The van der Waals surface area contributed by atoms with E-state index in [0.717, 1.165) is 10.0 Å². The third-order valence-corrected chi connectivity index (χ3v) is 5.57. The van der Waals surface area contributed by atoms with Gasteiger partial charge >= 0.3 is 5.97 Å². The molecule has 0 radical (unpaired) electrons. The molecule has 1 aliphatic heterocycles. The Bertz CT molecular complexity index is 671. The number of hydrogen-bond donors (Lipinski definition) is 1. The molecule has 0 aromatic heterocycles. The smallest absolute Gasteiger partial charge is 0.328 e. The van der Waals surface area contributed by atoms with Crippen LogP contribution in [-0.2, 0) is 24.7 Å². The third-order valence-electron chi connectivity index (χ3n) is 5.04. The average Bonchev–Trinajstić information content (AvgIpc) is 3.00. The first-order valence-electron chi connectivity index (χ1n) is 8.51.